The number of fused-ring (bicyclic) bond motifs is 3. The second-order valence-corrected chi connectivity index (χ2v) is 18.7. The van der Waals surface area contributed by atoms with Crippen LogP contribution in [0.5, 0.6) is 11.6 Å². The molecular weight excluding hydrogens is 727 g/mol. The first-order chi connectivity index (χ1) is 26.0. The number of allylic oxidation sites excluding steroid dienone is 1. The maximum absolute atomic E-state index is 14.8. The molecule has 2 aromatic rings. The average molecular weight is 788 g/mol. The molecule has 4 amide bonds. The number of amides is 4. The summed E-state index contributed by atoms with van der Waals surface area (Å²) in [6.45, 7) is 11.7. The standard InChI is InChI=1S/C40H55N5O9S.3H2/c1-7-18-52-32-22-41-35(30-15-11-10-14-29(30)32)53-27-20-31-34(46)43-40(37(48)44-55(50,51)28-16-17-28)21-26(40)13-9-8-12-24(2)19-25(3)33(36(47)45(31)23-27)42-38(49)54-39(4,5)6;;;/h9-11,13-15,22,24-28,31,33H,7-8,12,16-21,23H2,1-6H3,(H,42,49)(H,43,46)(H,44,48);3*1H/b13-9-;;;/t24-,25+,26+,27+,31-,33-,40+;;;/m0.../s1. The number of nitrogens with one attached hydrogen (secondary N) is 3. The Hall–Kier alpha value is -4.40. The Balaban J connectivity index is 0.00000300. The highest BCUT2D eigenvalue weighted by Crippen LogP contribution is 2.46. The molecule has 3 fully saturated rings. The monoisotopic (exact) mass is 787 g/mol. The van der Waals surface area contributed by atoms with Crippen molar-refractivity contribution in [2.75, 3.05) is 13.2 Å². The van der Waals surface area contributed by atoms with Gasteiger partial charge in [0.2, 0.25) is 27.7 Å². The maximum atomic E-state index is 14.8. The van der Waals surface area contributed by atoms with Gasteiger partial charge in [0.15, 0.2) is 0 Å². The molecule has 55 heavy (non-hydrogen) atoms. The molecule has 7 atom stereocenters. The zero-order valence-electron chi connectivity index (χ0n) is 32.6. The normalized spacial score (nSPS) is 29.5. The first-order valence-corrected chi connectivity index (χ1v) is 21.1. The van der Waals surface area contributed by atoms with Gasteiger partial charge in [0.1, 0.15) is 35.1 Å². The summed E-state index contributed by atoms with van der Waals surface area (Å²) in [6.07, 6.45) is 8.04. The largest absolute Gasteiger partial charge is 0.491 e. The van der Waals surface area contributed by atoms with E-state index in [4.69, 9.17) is 14.2 Å². The van der Waals surface area contributed by atoms with Crippen LogP contribution in [0.4, 0.5) is 4.79 Å². The number of sulfonamides is 1. The Morgan fingerprint density at radius 1 is 1.09 bits per heavy atom. The molecule has 0 bridgehead atoms. The molecule has 14 nitrogen and oxygen atoms in total. The fourth-order valence-corrected chi connectivity index (χ4v) is 9.02. The van der Waals surface area contributed by atoms with Gasteiger partial charge >= 0.3 is 6.09 Å². The lowest BCUT2D eigenvalue weighted by atomic mass is 9.88. The fourth-order valence-electron chi connectivity index (χ4n) is 7.65. The van der Waals surface area contributed by atoms with E-state index in [0.29, 0.717) is 49.3 Å². The van der Waals surface area contributed by atoms with Gasteiger partial charge in [-0.05, 0) is 83.6 Å². The molecule has 0 unspecified atom stereocenters. The van der Waals surface area contributed by atoms with Crippen LogP contribution in [0.15, 0.2) is 42.6 Å². The average Bonchev–Trinajstić information content (AvgIpc) is 4.04. The summed E-state index contributed by atoms with van der Waals surface area (Å²) in [5.74, 6) is -1.61. The van der Waals surface area contributed by atoms with Crippen LogP contribution in [-0.2, 0) is 29.1 Å². The number of ether oxygens (including phenoxy) is 3. The molecule has 0 spiro atoms. The molecule has 2 aliphatic heterocycles. The summed E-state index contributed by atoms with van der Waals surface area (Å²) < 4.78 is 46.0. The molecule has 4 aliphatic rings. The summed E-state index contributed by atoms with van der Waals surface area (Å²) >= 11 is 0. The predicted molar refractivity (Wildman–Crippen MR) is 212 cm³/mol. The van der Waals surface area contributed by atoms with E-state index in [1.807, 2.05) is 50.3 Å². The fraction of sp³-hybridized carbons (Fsp3) is 0.625. The van der Waals surface area contributed by atoms with Gasteiger partial charge in [-0.3, -0.25) is 19.1 Å². The van der Waals surface area contributed by atoms with Crippen LogP contribution in [0.25, 0.3) is 10.8 Å². The minimum Gasteiger partial charge on any atom is -0.491 e. The molecule has 15 heteroatoms. The van der Waals surface area contributed by atoms with Crippen molar-refractivity contribution in [1.82, 2.24) is 25.2 Å². The molecule has 2 aliphatic carbocycles. The SMILES string of the molecule is CCCOc1cnc(O[C@@H]2C[C@H]3C(=O)N[C@]4(C(=O)NS(=O)(=O)C5CC5)C[C@H]4/C=C\CC[C@H](C)C[C@@H](C)[C@H](NC(=O)OC(C)(C)C)C(=O)N3C2)c2ccccc12.[HH].[HH].[HH]. The number of carbonyl (C=O) groups excluding carboxylic acids is 4. The van der Waals surface area contributed by atoms with Gasteiger partial charge in [-0.2, -0.15) is 0 Å². The molecule has 306 valence electrons. The number of hydrogen-bond acceptors (Lipinski definition) is 10. The van der Waals surface area contributed by atoms with Gasteiger partial charge in [0.05, 0.1) is 24.6 Å². The van der Waals surface area contributed by atoms with Gasteiger partial charge in [-0.25, -0.2) is 18.2 Å². The lowest BCUT2D eigenvalue weighted by Gasteiger charge is -2.33. The number of carbonyl (C=O) groups is 4. The molecular formula is C40H61N5O9S. The van der Waals surface area contributed by atoms with Gasteiger partial charge in [-0.1, -0.05) is 51.1 Å². The molecule has 1 saturated heterocycles. The highest BCUT2D eigenvalue weighted by atomic mass is 32.2. The van der Waals surface area contributed by atoms with Gasteiger partial charge in [-0.15, -0.1) is 0 Å². The Morgan fingerprint density at radius 2 is 1.82 bits per heavy atom. The van der Waals surface area contributed by atoms with Crippen LogP contribution in [0.2, 0.25) is 0 Å². The maximum Gasteiger partial charge on any atom is 0.408 e. The quantitative estimate of drug-likeness (QED) is 0.275. The molecule has 0 radical (unpaired) electrons. The third kappa shape index (κ3) is 9.36. The Labute approximate surface area is 328 Å². The topological polar surface area (TPSA) is 182 Å². The second-order valence-electron chi connectivity index (χ2n) is 16.7. The highest BCUT2D eigenvalue weighted by Gasteiger charge is 2.62. The number of benzene rings is 1. The van der Waals surface area contributed by atoms with E-state index in [0.717, 1.165) is 18.2 Å². The molecule has 1 aromatic heterocycles. The number of aromatic nitrogens is 1. The zero-order valence-corrected chi connectivity index (χ0v) is 33.4. The van der Waals surface area contributed by atoms with E-state index in [2.05, 4.69) is 27.3 Å². The molecule has 6 rings (SSSR count). The smallest absolute Gasteiger partial charge is 0.408 e. The first kappa shape index (κ1) is 40.3. The van der Waals surface area contributed by atoms with E-state index in [1.54, 1.807) is 27.0 Å². The lowest BCUT2D eigenvalue weighted by Crippen LogP contribution is -2.59. The Kier molecular flexibility index (Phi) is 11.7. The van der Waals surface area contributed by atoms with Crippen molar-refractivity contribution in [3.8, 4) is 11.6 Å². The third-order valence-electron chi connectivity index (χ3n) is 10.8. The number of pyridine rings is 1. The van der Waals surface area contributed by atoms with Crippen molar-refractivity contribution in [3.63, 3.8) is 0 Å². The zero-order chi connectivity index (χ0) is 39.7. The van der Waals surface area contributed by atoms with E-state index < -0.39 is 74.3 Å². The highest BCUT2D eigenvalue weighted by molar-refractivity contribution is 7.91. The summed E-state index contributed by atoms with van der Waals surface area (Å²) in [5.41, 5.74) is -2.33. The summed E-state index contributed by atoms with van der Waals surface area (Å²) in [6, 6.07) is 5.36. The predicted octanol–water partition coefficient (Wildman–Crippen LogP) is 5.50. The minimum absolute atomic E-state index is 0. The van der Waals surface area contributed by atoms with Gasteiger partial charge in [0, 0.05) is 27.4 Å². The van der Waals surface area contributed by atoms with Crippen LogP contribution >= 0.6 is 0 Å². The van der Waals surface area contributed by atoms with E-state index in [9.17, 15) is 27.6 Å². The molecule has 3 N–H and O–H groups in total. The van der Waals surface area contributed by atoms with Crippen molar-refractivity contribution in [2.24, 2.45) is 17.8 Å². The number of rotatable bonds is 9. The van der Waals surface area contributed by atoms with Gasteiger partial charge < -0.3 is 29.7 Å². The van der Waals surface area contributed by atoms with Crippen LogP contribution in [0, 0.1) is 17.8 Å². The van der Waals surface area contributed by atoms with Crippen molar-refractivity contribution < 1.29 is 46.1 Å². The Bertz CT molecular complexity index is 1940. The molecule has 1 aromatic carbocycles. The molecule has 3 heterocycles. The van der Waals surface area contributed by atoms with Crippen LogP contribution in [0.1, 0.15) is 97.2 Å². The lowest BCUT2D eigenvalue weighted by molar-refractivity contribution is -0.142. The number of hydrogen-bond donors (Lipinski definition) is 3. The van der Waals surface area contributed by atoms with Crippen LogP contribution in [-0.4, -0.2) is 89.8 Å². The van der Waals surface area contributed by atoms with Crippen molar-refractivity contribution in [1.29, 1.82) is 0 Å². The summed E-state index contributed by atoms with van der Waals surface area (Å²) in [4.78, 5) is 62.2. The first-order valence-electron chi connectivity index (χ1n) is 19.5. The third-order valence-corrected chi connectivity index (χ3v) is 12.6. The van der Waals surface area contributed by atoms with Crippen molar-refractivity contribution in [3.05, 3.63) is 42.6 Å². The van der Waals surface area contributed by atoms with Gasteiger partial charge in [0.25, 0.3) is 5.91 Å². The number of nitrogens with zero attached hydrogens (tertiary/aromatic N) is 2. The van der Waals surface area contributed by atoms with Crippen LogP contribution in [0.3, 0.4) is 0 Å². The number of alkyl carbamates (subject to hydrolysis) is 1. The molecule has 2 saturated carbocycles. The van der Waals surface area contributed by atoms with E-state index >= 15 is 0 Å². The summed E-state index contributed by atoms with van der Waals surface area (Å²) in [7, 11) is -3.90. The Morgan fingerprint density at radius 3 is 2.51 bits per heavy atom. The van der Waals surface area contributed by atoms with E-state index in [1.165, 1.54) is 4.90 Å². The second kappa shape index (κ2) is 16.0. The van der Waals surface area contributed by atoms with Crippen molar-refractivity contribution in [2.45, 2.75) is 127 Å². The summed E-state index contributed by atoms with van der Waals surface area (Å²) in [5, 5.41) is 6.58. The van der Waals surface area contributed by atoms with Crippen LogP contribution < -0.4 is 24.8 Å². The van der Waals surface area contributed by atoms with Crippen molar-refractivity contribution >= 4 is 44.6 Å². The van der Waals surface area contributed by atoms with E-state index in [-0.39, 0.29) is 35.5 Å². The minimum atomic E-state index is -3.90.